The van der Waals surface area contributed by atoms with Crippen LogP contribution in [0.2, 0.25) is 5.02 Å². The molecule has 25 heavy (non-hydrogen) atoms. The zero-order valence-corrected chi connectivity index (χ0v) is 15.4. The van der Waals surface area contributed by atoms with Gasteiger partial charge in [0.05, 0.1) is 5.02 Å². The van der Waals surface area contributed by atoms with Crippen LogP contribution in [0.4, 0.5) is 11.8 Å². The van der Waals surface area contributed by atoms with Gasteiger partial charge in [-0.15, -0.1) is 0 Å². The van der Waals surface area contributed by atoms with Crippen molar-refractivity contribution in [3.8, 4) is 11.1 Å². The Morgan fingerprint density at radius 3 is 2.52 bits per heavy atom. The molecular weight excluding hydrogens is 334 g/mol. The van der Waals surface area contributed by atoms with E-state index in [-0.39, 0.29) is 5.54 Å². The lowest BCUT2D eigenvalue weighted by atomic mass is 10.00. The zero-order valence-electron chi connectivity index (χ0n) is 14.7. The summed E-state index contributed by atoms with van der Waals surface area (Å²) in [5.41, 5.74) is 15.2. The molecule has 4 rings (SSSR count). The zero-order chi connectivity index (χ0) is 17.8. The molecule has 1 aliphatic carbocycles. The van der Waals surface area contributed by atoms with Crippen molar-refractivity contribution in [1.82, 2.24) is 9.97 Å². The summed E-state index contributed by atoms with van der Waals surface area (Å²) < 4.78 is 0. The Morgan fingerprint density at radius 2 is 1.88 bits per heavy atom. The number of rotatable bonds is 2. The highest BCUT2D eigenvalue weighted by Gasteiger charge is 2.45. The highest BCUT2D eigenvalue weighted by atomic mass is 35.5. The van der Waals surface area contributed by atoms with Gasteiger partial charge in [0.1, 0.15) is 5.82 Å². The molecule has 1 aromatic carbocycles. The maximum Gasteiger partial charge on any atom is 0.227 e. The molecule has 1 aliphatic heterocycles. The fourth-order valence-corrected chi connectivity index (χ4v) is 4.67. The second-order valence-corrected chi connectivity index (χ2v) is 8.27. The van der Waals surface area contributed by atoms with Gasteiger partial charge in [-0.1, -0.05) is 29.8 Å². The fraction of sp³-hybridized carbons (Fsp3) is 0.474. The van der Waals surface area contributed by atoms with Gasteiger partial charge in [-0.2, -0.15) is 4.98 Å². The normalized spacial score (nSPS) is 28.4. The molecule has 2 aliphatic rings. The quantitative estimate of drug-likeness (QED) is 0.862. The van der Waals surface area contributed by atoms with Crippen molar-refractivity contribution in [3.63, 3.8) is 0 Å². The molecule has 2 fully saturated rings. The summed E-state index contributed by atoms with van der Waals surface area (Å²) in [6, 6.07) is 5.90. The molecule has 4 N–H and O–H groups in total. The molecule has 5 nitrogen and oxygen atoms in total. The summed E-state index contributed by atoms with van der Waals surface area (Å²) in [7, 11) is 0. The monoisotopic (exact) mass is 357 g/mol. The first-order valence-electron chi connectivity index (χ1n) is 8.76. The number of fused-ring (bicyclic) bond motifs is 1. The van der Waals surface area contributed by atoms with Crippen molar-refractivity contribution in [2.24, 2.45) is 17.6 Å². The number of aryl methyl sites for hydroxylation is 1. The minimum absolute atomic E-state index is 0.0207. The van der Waals surface area contributed by atoms with Crippen LogP contribution < -0.4 is 16.4 Å². The summed E-state index contributed by atoms with van der Waals surface area (Å²) in [5, 5.41) is 0.698. The SMILES string of the molecule is Cc1cccc(-c2cnc(N3CC4CC(C)(N)CC4C3)nc2N)c1Cl. The standard InChI is InChI=1S/C19H24ClN5/c1-11-4-3-5-14(16(11)20)15-8-23-18(24-17(15)21)25-9-12-6-19(2,22)7-13(12)10-25/h3-5,8,12-13H,6-7,9-10,22H2,1-2H3,(H2,21,23,24). The van der Waals surface area contributed by atoms with Gasteiger partial charge in [0.25, 0.3) is 0 Å². The molecule has 0 amide bonds. The number of nitrogens with two attached hydrogens (primary N) is 2. The van der Waals surface area contributed by atoms with E-state index in [1.807, 2.05) is 25.1 Å². The lowest BCUT2D eigenvalue weighted by molar-refractivity contribution is 0.449. The van der Waals surface area contributed by atoms with Gasteiger partial charge in [0.2, 0.25) is 5.95 Å². The van der Waals surface area contributed by atoms with Gasteiger partial charge in [-0.25, -0.2) is 4.98 Å². The van der Waals surface area contributed by atoms with E-state index in [1.165, 1.54) is 0 Å². The van der Waals surface area contributed by atoms with Gasteiger partial charge in [0, 0.05) is 36.0 Å². The number of hydrogen-bond acceptors (Lipinski definition) is 5. The van der Waals surface area contributed by atoms with E-state index in [9.17, 15) is 0 Å². The average Bonchev–Trinajstić information content (AvgIpc) is 3.04. The lowest BCUT2D eigenvalue weighted by Gasteiger charge is -2.23. The smallest absolute Gasteiger partial charge is 0.227 e. The average molecular weight is 358 g/mol. The van der Waals surface area contributed by atoms with E-state index in [4.69, 9.17) is 23.1 Å². The molecule has 2 aromatic rings. The first-order chi connectivity index (χ1) is 11.8. The van der Waals surface area contributed by atoms with Crippen LogP contribution in [0.5, 0.6) is 0 Å². The van der Waals surface area contributed by atoms with Crippen LogP contribution in [0.15, 0.2) is 24.4 Å². The van der Waals surface area contributed by atoms with Crippen LogP contribution in [-0.4, -0.2) is 28.6 Å². The van der Waals surface area contributed by atoms with Crippen molar-refractivity contribution >= 4 is 23.4 Å². The van der Waals surface area contributed by atoms with Crippen LogP contribution in [-0.2, 0) is 0 Å². The summed E-state index contributed by atoms with van der Waals surface area (Å²) in [4.78, 5) is 11.4. The molecule has 1 saturated carbocycles. The predicted molar refractivity (Wildman–Crippen MR) is 103 cm³/mol. The number of benzene rings is 1. The Hall–Kier alpha value is -1.85. The Morgan fingerprint density at radius 1 is 1.20 bits per heavy atom. The highest BCUT2D eigenvalue weighted by Crippen LogP contribution is 2.43. The molecule has 2 atom stereocenters. The fourth-order valence-electron chi connectivity index (χ4n) is 4.45. The van der Waals surface area contributed by atoms with Gasteiger partial charge in [-0.05, 0) is 44.1 Å². The van der Waals surface area contributed by atoms with Crippen LogP contribution in [0.1, 0.15) is 25.3 Å². The molecule has 0 radical (unpaired) electrons. The number of anilines is 2. The number of halogens is 1. The van der Waals surface area contributed by atoms with Crippen LogP contribution in [0.3, 0.4) is 0 Å². The molecule has 6 heteroatoms. The van der Waals surface area contributed by atoms with Gasteiger partial charge >= 0.3 is 0 Å². The molecule has 1 saturated heterocycles. The van der Waals surface area contributed by atoms with Gasteiger partial charge in [0.15, 0.2) is 0 Å². The molecule has 0 bridgehead atoms. The third-order valence-corrected chi connectivity index (χ3v) is 6.11. The van der Waals surface area contributed by atoms with E-state index >= 15 is 0 Å². The largest absolute Gasteiger partial charge is 0.383 e. The summed E-state index contributed by atoms with van der Waals surface area (Å²) in [6.45, 7) is 6.05. The molecule has 132 valence electrons. The van der Waals surface area contributed by atoms with Gasteiger partial charge < -0.3 is 16.4 Å². The Bertz CT molecular complexity index is 803. The highest BCUT2D eigenvalue weighted by molar-refractivity contribution is 6.34. The Balaban J connectivity index is 1.58. The molecule has 0 spiro atoms. The minimum Gasteiger partial charge on any atom is -0.383 e. The minimum atomic E-state index is -0.0207. The van der Waals surface area contributed by atoms with Crippen molar-refractivity contribution in [2.75, 3.05) is 23.7 Å². The molecule has 2 unspecified atom stereocenters. The Labute approximate surface area is 153 Å². The van der Waals surface area contributed by atoms with E-state index < -0.39 is 0 Å². The van der Waals surface area contributed by atoms with E-state index in [1.54, 1.807) is 6.20 Å². The van der Waals surface area contributed by atoms with E-state index in [0.717, 1.165) is 42.6 Å². The first-order valence-corrected chi connectivity index (χ1v) is 9.14. The van der Waals surface area contributed by atoms with Crippen molar-refractivity contribution in [2.45, 2.75) is 32.2 Å². The number of hydrogen-bond donors (Lipinski definition) is 2. The second kappa shape index (κ2) is 5.85. The van der Waals surface area contributed by atoms with Crippen molar-refractivity contribution < 1.29 is 0 Å². The van der Waals surface area contributed by atoms with Crippen LogP contribution in [0.25, 0.3) is 11.1 Å². The topological polar surface area (TPSA) is 81.1 Å². The van der Waals surface area contributed by atoms with E-state index in [0.29, 0.717) is 28.6 Å². The van der Waals surface area contributed by atoms with Crippen LogP contribution >= 0.6 is 11.6 Å². The maximum atomic E-state index is 6.42. The first kappa shape index (κ1) is 16.6. The molecule has 2 heterocycles. The number of nitrogen functional groups attached to an aromatic ring is 1. The lowest BCUT2D eigenvalue weighted by Crippen LogP contribution is -2.35. The third-order valence-electron chi connectivity index (χ3n) is 5.60. The predicted octanol–water partition coefficient (Wildman–Crippen LogP) is 3.25. The van der Waals surface area contributed by atoms with Gasteiger partial charge in [-0.3, -0.25) is 0 Å². The number of nitrogens with zero attached hydrogens (tertiary/aromatic N) is 3. The third kappa shape index (κ3) is 2.96. The van der Waals surface area contributed by atoms with Crippen molar-refractivity contribution in [3.05, 3.63) is 35.0 Å². The summed E-state index contributed by atoms with van der Waals surface area (Å²) in [6.07, 6.45) is 3.93. The maximum absolute atomic E-state index is 6.42. The van der Waals surface area contributed by atoms with Crippen LogP contribution in [0, 0.1) is 18.8 Å². The van der Waals surface area contributed by atoms with Crippen molar-refractivity contribution in [1.29, 1.82) is 0 Å². The summed E-state index contributed by atoms with van der Waals surface area (Å²) >= 11 is 6.42. The molecule has 1 aromatic heterocycles. The number of aromatic nitrogens is 2. The van der Waals surface area contributed by atoms with E-state index in [2.05, 4.69) is 21.8 Å². The Kier molecular flexibility index (Phi) is 3.89. The summed E-state index contributed by atoms with van der Waals surface area (Å²) in [5.74, 6) is 2.44. The molecular formula is C19H24ClN5. The second-order valence-electron chi connectivity index (χ2n) is 7.89.